The fraction of sp³-hybridized carbons (Fsp3) is 0.474. The average molecular weight is 327 g/mol. The Morgan fingerprint density at radius 3 is 2.75 bits per heavy atom. The third-order valence-electron chi connectivity index (χ3n) is 4.79. The number of aliphatic hydroxyl groups is 1. The predicted octanol–water partition coefficient (Wildman–Crippen LogP) is 2.23. The standard InChI is InChI=1S/C19H25N3O2/c23-17-10-16(11-17)18(9-14-5-2-1-3-6-14)22-19(24)8-4-7-15-12-20-21-13-15/h1-3,5-6,12-13,16-18,23H,4,7-11H2,(H,20,21)(H,22,24). The molecule has 1 aliphatic carbocycles. The SMILES string of the molecule is O=C(CCCc1cn[nH]c1)NC(Cc1ccccc1)C1CC(O)C1. The van der Waals surface area contributed by atoms with Crippen LogP contribution in [0.2, 0.25) is 0 Å². The van der Waals surface area contributed by atoms with Gasteiger partial charge in [-0.05, 0) is 49.1 Å². The number of hydrogen-bond acceptors (Lipinski definition) is 3. The number of aromatic amines is 1. The lowest BCUT2D eigenvalue weighted by atomic mass is 9.75. The highest BCUT2D eigenvalue weighted by molar-refractivity contribution is 5.76. The largest absolute Gasteiger partial charge is 0.393 e. The molecule has 1 heterocycles. The van der Waals surface area contributed by atoms with Gasteiger partial charge >= 0.3 is 0 Å². The van der Waals surface area contributed by atoms with Gasteiger partial charge in [-0.3, -0.25) is 9.89 Å². The van der Waals surface area contributed by atoms with Gasteiger partial charge in [-0.15, -0.1) is 0 Å². The van der Waals surface area contributed by atoms with Gasteiger partial charge in [-0.2, -0.15) is 5.10 Å². The number of nitrogens with zero attached hydrogens (tertiary/aromatic N) is 1. The molecule has 1 atom stereocenters. The van der Waals surface area contributed by atoms with Crippen molar-refractivity contribution >= 4 is 5.91 Å². The molecule has 3 rings (SSSR count). The molecule has 1 aromatic heterocycles. The molecule has 3 N–H and O–H groups in total. The van der Waals surface area contributed by atoms with Crippen molar-refractivity contribution in [1.29, 1.82) is 0 Å². The van der Waals surface area contributed by atoms with Gasteiger partial charge in [0, 0.05) is 18.7 Å². The molecule has 0 spiro atoms. The van der Waals surface area contributed by atoms with Crippen LogP contribution in [0.15, 0.2) is 42.7 Å². The molecule has 1 amide bonds. The molecule has 1 fully saturated rings. The molecule has 1 saturated carbocycles. The van der Waals surface area contributed by atoms with Crippen molar-refractivity contribution in [2.75, 3.05) is 0 Å². The quantitative estimate of drug-likeness (QED) is 0.696. The Morgan fingerprint density at radius 2 is 2.08 bits per heavy atom. The van der Waals surface area contributed by atoms with Gasteiger partial charge in [0.05, 0.1) is 12.3 Å². The van der Waals surface area contributed by atoms with Gasteiger partial charge in [0.2, 0.25) is 5.91 Å². The Morgan fingerprint density at radius 1 is 1.29 bits per heavy atom. The number of benzene rings is 1. The summed E-state index contributed by atoms with van der Waals surface area (Å²) < 4.78 is 0. The molecule has 0 saturated heterocycles. The van der Waals surface area contributed by atoms with Crippen LogP contribution in [0.4, 0.5) is 0 Å². The summed E-state index contributed by atoms with van der Waals surface area (Å²) in [6.45, 7) is 0. The molecule has 24 heavy (non-hydrogen) atoms. The van der Waals surface area contributed by atoms with E-state index in [4.69, 9.17) is 0 Å². The van der Waals surface area contributed by atoms with E-state index in [2.05, 4.69) is 27.6 Å². The summed E-state index contributed by atoms with van der Waals surface area (Å²) >= 11 is 0. The van der Waals surface area contributed by atoms with Crippen molar-refractivity contribution in [2.45, 2.75) is 50.7 Å². The summed E-state index contributed by atoms with van der Waals surface area (Å²) in [4.78, 5) is 12.3. The Bertz CT molecular complexity index is 621. The van der Waals surface area contributed by atoms with Crippen molar-refractivity contribution in [3.05, 3.63) is 53.9 Å². The minimum absolute atomic E-state index is 0.0980. The average Bonchev–Trinajstić information content (AvgIpc) is 3.06. The van der Waals surface area contributed by atoms with Gasteiger partial charge in [0.15, 0.2) is 0 Å². The number of aromatic nitrogens is 2. The van der Waals surface area contributed by atoms with Crippen molar-refractivity contribution in [3.8, 4) is 0 Å². The first-order valence-electron chi connectivity index (χ1n) is 8.69. The maximum atomic E-state index is 12.3. The molecular formula is C19H25N3O2. The molecule has 5 nitrogen and oxygen atoms in total. The minimum atomic E-state index is -0.203. The first kappa shape index (κ1) is 16.7. The van der Waals surface area contributed by atoms with Crippen LogP contribution in [0.1, 0.15) is 36.8 Å². The number of carbonyl (C=O) groups excluding carboxylic acids is 1. The van der Waals surface area contributed by atoms with E-state index in [9.17, 15) is 9.90 Å². The van der Waals surface area contributed by atoms with E-state index in [0.29, 0.717) is 12.3 Å². The highest BCUT2D eigenvalue weighted by Gasteiger charge is 2.34. The number of rotatable bonds is 8. The van der Waals surface area contributed by atoms with Gasteiger partial charge in [0.1, 0.15) is 0 Å². The van der Waals surface area contributed by atoms with Crippen LogP contribution in [0.25, 0.3) is 0 Å². The number of aliphatic hydroxyl groups excluding tert-OH is 1. The van der Waals surface area contributed by atoms with E-state index in [-0.39, 0.29) is 18.1 Å². The molecular weight excluding hydrogens is 302 g/mol. The van der Waals surface area contributed by atoms with E-state index >= 15 is 0 Å². The van der Waals surface area contributed by atoms with E-state index in [1.807, 2.05) is 24.4 Å². The van der Waals surface area contributed by atoms with Crippen molar-refractivity contribution in [3.63, 3.8) is 0 Å². The van der Waals surface area contributed by atoms with Crippen molar-refractivity contribution < 1.29 is 9.90 Å². The second-order valence-electron chi connectivity index (χ2n) is 6.71. The smallest absolute Gasteiger partial charge is 0.220 e. The summed E-state index contributed by atoms with van der Waals surface area (Å²) in [5.41, 5.74) is 2.35. The lowest BCUT2D eigenvalue weighted by Crippen LogP contribution is -2.48. The summed E-state index contributed by atoms with van der Waals surface area (Å²) in [6, 6.07) is 10.3. The van der Waals surface area contributed by atoms with Gasteiger partial charge in [0.25, 0.3) is 0 Å². The second-order valence-corrected chi connectivity index (χ2v) is 6.71. The lowest BCUT2D eigenvalue weighted by Gasteiger charge is -2.38. The van der Waals surface area contributed by atoms with Crippen LogP contribution in [-0.2, 0) is 17.6 Å². The highest BCUT2D eigenvalue weighted by Crippen LogP contribution is 2.31. The Balaban J connectivity index is 1.50. The Labute approximate surface area is 142 Å². The van der Waals surface area contributed by atoms with Gasteiger partial charge < -0.3 is 10.4 Å². The third-order valence-corrected chi connectivity index (χ3v) is 4.79. The molecule has 0 radical (unpaired) electrons. The molecule has 0 aliphatic heterocycles. The van der Waals surface area contributed by atoms with Crippen LogP contribution in [0, 0.1) is 5.92 Å². The number of amides is 1. The molecule has 1 aliphatic rings. The maximum absolute atomic E-state index is 12.3. The summed E-state index contributed by atoms with van der Waals surface area (Å²) in [6.07, 6.45) is 8.05. The number of nitrogens with one attached hydrogen (secondary N) is 2. The van der Waals surface area contributed by atoms with Crippen LogP contribution in [-0.4, -0.2) is 33.4 Å². The number of aryl methyl sites for hydroxylation is 1. The zero-order chi connectivity index (χ0) is 16.8. The normalized spacial score (nSPS) is 21.0. The molecule has 5 heteroatoms. The third kappa shape index (κ3) is 4.68. The van der Waals surface area contributed by atoms with Crippen LogP contribution >= 0.6 is 0 Å². The van der Waals surface area contributed by atoms with E-state index in [1.54, 1.807) is 6.20 Å². The predicted molar refractivity (Wildman–Crippen MR) is 92.3 cm³/mol. The Hall–Kier alpha value is -2.14. The van der Waals surface area contributed by atoms with Gasteiger partial charge in [-0.1, -0.05) is 30.3 Å². The first-order valence-corrected chi connectivity index (χ1v) is 8.69. The van der Waals surface area contributed by atoms with E-state index in [1.165, 1.54) is 5.56 Å². The summed E-state index contributed by atoms with van der Waals surface area (Å²) in [5.74, 6) is 0.471. The second kappa shape index (κ2) is 8.11. The monoisotopic (exact) mass is 327 g/mol. The maximum Gasteiger partial charge on any atom is 0.220 e. The summed E-state index contributed by atoms with van der Waals surface area (Å²) in [5, 5.41) is 19.5. The number of carbonyl (C=O) groups is 1. The highest BCUT2D eigenvalue weighted by atomic mass is 16.3. The zero-order valence-electron chi connectivity index (χ0n) is 13.8. The van der Waals surface area contributed by atoms with Gasteiger partial charge in [-0.25, -0.2) is 0 Å². The van der Waals surface area contributed by atoms with Crippen LogP contribution < -0.4 is 5.32 Å². The topological polar surface area (TPSA) is 78.0 Å². The summed E-state index contributed by atoms with van der Waals surface area (Å²) in [7, 11) is 0. The lowest BCUT2D eigenvalue weighted by molar-refractivity contribution is -0.123. The van der Waals surface area contributed by atoms with Crippen LogP contribution in [0.5, 0.6) is 0 Å². The van der Waals surface area contributed by atoms with Crippen molar-refractivity contribution in [1.82, 2.24) is 15.5 Å². The zero-order valence-corrected chi connectivity index (χ0v) is 13.8. The fourth-order valence-electron chi connectivity index (χ4n) is 3.31. The number of hydrogen-bond donors (Lipinski definition) is 3. The van der Waals surface area contributed by atoms with Crippen LogP contribution in [0.3, 0.4) is 0 Å². The van der Waals surface area contributed by atoms with Crippen molar-refractivity contribution in [2.24, 2.45) is 5.92 Å². The van der Waals surface area contributed by atoms with E-state index in [0.717, 1.165) is 37.7 Å². The number of H-pyrrole nitrogens is 1. The minimum Gasteiger partial charge on any atom is -0.393 e. The molecule has 128 valence electrons. The Kier molecular flexibility index (Phi) is 5.64. The fourth-order valence-corrected chi connectivity index (χ4v) is 3.31. The molecule has 1 unspecified atom stereocenters. The molecule has 0 bridgehead atoms. The first-order chi connectivity index (χ1) is 11.7. The molecule has 1 aromatic carbocycles. The van der Waals surface area contributed by atoms with E-state index < -0.39 is 0 Å². The molecule has 2 aromatic rings.